The summed E-state index contributed by atoms with van der Waals surface area (Å²) < 4.78 is 7.65. The van der Waals surface area contributed by atoms with Crippen LogP contribution in [-0.2, 0) is 13.6 Å². The van der Waals surface area contributed by atoms with Crippen LogP contribution in [0.4, 0.5) is 0 Å². The summed E-state index contributed by atoms with van der Waals surface area (Å²) in [6.45, 7) is 7.49. The van der Waals surface area contributed by atoms with Gasteiger partial charge >= 0.3 is 0 Å². The zero-order valence-electron chi connectivity index (χ0n) is 15.8. The van der Waals surface area contributed by atoms with Gasteiger partial charge in [0, 0.05) is 58.1 Å². The minimum Gasteiger partial charge on any atom is -0.503 e. The second-order valence-electron chi connectivity index (χ2n) is 6.90. The molecule has 7 heteroatoms. The van der Waals surface area contributed by atoms with Gasteiger partial charge in [0.05, 0.1) is 10.7 Å². The summed E-state index contributed by atoms with van der Waals surface area (Å²) >= 11 is 6.10. The molecule has 1 aliphatic rings. The Bertz CT molecular complexity index is 845. The van der Waals surface area contributed by atoms with Gasteiger partial charge in [-0.15, -0.1) is 0 Å². The second kappa shape index (κ2) is 8.78. The van der Waals surface area contributed by atoms with E-state index in [1.807, 2.05) is 42.8 Å². The van der Waals surface area contributed by atoms with Crippen molar-refractivity contribution < 1.29 is 9.84 Å². The Kier molecular flexibility index (Phi) is 6.42. The van der Waals surface area contributed by atoms with Crippen LogP contribution < -0.4 is 10.2 Å². The third kappa shape index (κ3) is 4.83. The SMILES string of the molecule is Cc1cc(=O)c(O)c(CN2CCN(CCOc3ccccc3Cl)CC2)n1C. The number of hydrogen-bond donors (Lipinski definition) is 1. The number of aromatic nitrogens is 1. The van der Waals surface area contributed by atoms with Gasteiger partial charge < -0.3 is 14.4 Å². The van der Waals surface area contributed by atoms with E-state index in [0.717, 1.165) is 38.4 Å². The van der Waals surface area contributed by atoms with Gasteiger partial charge in [0.2, 0.25) is 5.43 Å². The van der Waals surface area contributed by atoms with E-state index in [2.05, 4.69) is 9.80 Å². The number of rotatable bonds is 6. The minimum absolute atomic E-state index is 0.140. The predicted octanol–water partition coefficient (Wildman–Crippen LogP) is 2.25. The van der Waals surface area contributed by atoms with E-state index < -0.39 is 0 Å². The van der Waals surface area contributed by atoms with Crippen molar-refractivity contribution >= 4 is 11.6 Å². The zero-order chi connectivity index (χ0) is 19.4. The van der Waals surface area contributed by atoms with Crippen molar-refractivity contribution in [3.63, 3.8) is 0 Å². The van der Waals surface area contributed by atoms with Crippen molar-refractivity contribution in [1.29, 1.82) is 0 Å². The van der Waals surface area contributed by atoms with Crippen LogP contribution in [0.2, 0.25) is 5.02 Å². The number of halogens is 1. The summed E-state index contributed by atoms with van der Waals surface area (Å²) in [5, 5.41) is 10.8. The summed E-state index contributed by atoms with van der Waals surface area (Å²) in [5.74, 6) is 0.576. The Labute approximate surface area is 164 Å². The van der Waals surface area contributed by atoms with Crippen LogP contribution >= 0.6 is 11.6 Å². The molecule has 0 spiro atoms. The summed E-state index contributed by atoms with van der Waals surface area (Å²) in [6, 6.07) is 8.96. The molecular formula is C20H26ClN3O3. The Balaban J connectivity index is 1.48. The molecule has 146 valence electrons. The van der Waals surface area contributed by atoms with Crippen molar-refractivity contribution in [2.75, 3.05) is 39.3 Å². The predicted molar refractivity (Wildman–Crippen MR) is 107 cm³/mol. The third-order valence-corrected chi connectivity index (χ3v) is 5.43. The molecule has 1 aromatic carbocycles. The maximum Gasteiger partial charge on any atom is 0.223 e. The van der Waals surface area contributed by atoms with Crippen molar-refractivity contribution in [2.24, 2.45) is 7.05 Å². The molecule has 0 unspecified atom stereocenters. The van der Waals surface area contributed by atoms with Gasteiger partial charge in [-0.2, -0.15) is 0 Å². The number of aromatic hydroxyl groups is 1. The van der Waals surface area contributed by atoms with Crippen molar-refractivity contribution in [2.45, 2.75) is 13.5 Å². The van der Waals surface area contributed by atoms with E-state index in [1.165, 1.54) is 6.07 Å². The molecule has 0 bridgehead atoms. The van der Waals surface area contributed by atoms with Gasteiger partial charge in [-0.25, -0.2) is 0 Å². The smallest absolute Gasteiger partial charge is 0.223 e. The summed E-state index contributed by atoms with van der Waals surface area (Å²) in [5.41, 5.74) is 1.22. The minimum atomic E-state index is -0.309. The Morgan fingerprint density at radius 1 is 1.15 bits per heavy atom. The van der Waals surface area contributed by atoms with Crippen LogP contribution in [0.3, 0.4) is 0 Å². The van der Waals surface area contributed by atoms with Gasteiger partial charge in [-0.1, -0.05) is 23.7 Å². The van der Waals surface area contributed by atoms with Crippen LogP contribution in [0, 0.1) is 6.92 Å². The molecule has 0 saturated carbocycles. The highest BCUT2D eigenvalue weighted by Crippen LogP contribution is 2.23. The number of pyridine rings is 1. The van der Waals surface area contributed by atoms with Crippen LogP contribution in [-0.4, -0.2) is 58.8 Å². The molecule has 0 aliphatic carbocycles. The van der Waals surface area contributed by atoms with Gasteiger partial charge in [0.15, 0.2) is 5.75 Å². The van der Waals surface area contributed by atoms with E-state index in [0.29, 0.717) is 29.6 Å². The van der Waals surface area contributed by atoms with E-state index in [-0.39, 0.29) is 11.2 Å². The van der Waals surface area contributed by atoms with E-state index in [9.17, 15) is 9.90 Å². The molecule has 27 heavy (non-hydrogen) atoms. The molecule has 0 radical (unpaired) electrons. The molecule has 1 fully saturated rings. The Hall–Kier alpha value is -2.02. The lowest BCUT2D eigenvalue weighted by Gasteiger charge is -2.35. The number of aryl methyl sites for hydroxylation is 1. The fourth-order valence-corrected chi connectivity index (χ4v) is 3.47. The van der Waals surface area contributed by atoms with Gasteiger partial charge in [-0.3, -0.25) is 14.6 Å². The first-order chi connectivity index (χ1) is 13.0. The van der Waals surface area contributed by atoms with Crippen LogP contribution in [0.1, 0.15) is 11.4 Å². The summed E-state index contributed by atoms with van der Waals surface area (Å²) in [4.78, 5) is 16.5. The lowest BCUT2D eigenvalue weighted by Crippen LogP contribution is -2.47. The molecule has 1 saturated heterocycles. The molecule has 6 nitrogen and oxygen atoms in total. The molecule has 1 aromatic heterocycles. The molecule has 3 rings (SSSR count). The number of piperazine rings is 1. The zero-order valence-corrected chi connectivity index (χ0v) is 16.6. The summed E-state index contributed by atoms with van der Waals surface area (Å²) in [7, 11) is 1.88. The van der Waals surface area contributed by atoms with Gasteiger partial charge in [0.1, 0.15) is 12.4 Å². The van der Waals surface area contributed by atoms with Crippen LogP contribution in [0.15, 0.2) is 35.1 Å². The molecule has 2 aromatic rings. The van der Waals surface area contributed by atoms with Crippen molar-refractivity contribution in [3.05, 3.63) is 57.0 Å². The first kappa shape index (κ1) is 19.7. The topological polar surface area (TPSA) is 57.9 Å². The number of para-hydroxylation sites is 1. The highest BCUT2D eigenvalue weighted by molar-refractivity contribution is 6.32. The summed E-state index contributed by atoms with van der Waals surface area (Å²) in [6.07, 6.45) is 0. The second-order valence-corrected chi connectivity index (χ2v) is 7.31. The Morgan fingerprint density at radius 2 is 1.81 bits per heavy atom. The maximum absolute atomic E-state index is 11.9. The number of hydrogen-bond acceptors (Lipinski definition) is 5. The van der Waals surface area contributed by atoms with Gasteiger partial charge in [-0.05, 0) is 19.1 Å². The highest BCUT2D eigenvalue weighted by atomic mass is 35.5. The average Bonchev–Trinajstić information content (AvgIpc) is 2.66. The number of ether oxygens (including phenoxy) is 1. The fourth-order valence-electron chi connectivity index (χ4n) is 3.28. The largest absolute Gasteiger partial charge is 0.503 e. The highest BCUT2D eigenvalue weighted by Gasteiger charge is 2.20. The average molecular weight is 392 g/mol. The quantitative estimate of drug-likeness (QED) is 0.818. The normalized spacial score (nSPS) is 15.8. The van der Waals surface area contributed by atoms with Crippen LogP contribution in [0.5, 0.6) is 11.5 Å². The van der Waals surface area contributed by atoms with E-state index in [1.54, 1.807) is 0 Å². The van der Waals surface area contributed by atoms with Crippen LogP contribution in [0.25, 0.3) is 0 Å². The fraction of sp³-hybridized carbons (Fsp3) is 0.450. The number of benzene rings is 1. The molecule has 2 heterocycles. The first-order valence-corrected chi connectivity index (χ1v) is 9.54. The lowest BCUT2D eigenvalue weighted by atomic mass is 10.2. The van der Waals surface area contributed by atoms with E-state index >= 15 is 0 Å². The lowest BCUT2D eigenvalue weighted by molar-refractivity contribution is 0.110. The van der Waals surface area contributed by atoms with E-state index in [4.69, 9.17) is 16.3 Å². The molecule has 0 amide bonds. The van der Waals surface area contributed by atoms with Gasteiger partial charge in [0.25, 0.3) is 0 Å². The van der Waals surface area contributed by atoms with Crippen molar-refractivity contribution in [3.8, 4) is 11.5 Å². The monoisotopic (exact) mass is 391 g/mol. The molecular weight excluding hydrogens is 366 g/mol. The molecule has 1 N–H and O–H groups in total. The molecule has 0 atom stereocenters. The Morgan fingerprint density at radius 3 is 2.52 bits per heavy atom. The van der Waals surface area contributed by atoms with Crippen molar-refractivity contribution in [1.82, 2.24) is 14.4 Å². The molecule has 1 aliphatic heterocycles. The third-order valence-electron chi connectivity index (χ3n) is 5.12. The first-order valence-electron chi connectivity index (χ1n) is 9.16. The maximum atomic E-state index is 11.9. The number of nitrogens with zero attached hydrogens (tertiary/aromatic N) is 3. The standard InChI is InChI=1S/C20H26ClN3O3/c1-15-13-18(25)20(26)17(22(15)2)14-24-9-7-23(8-10-24)11-12-27-19-6-4-3-5-16(19)21/h3-6,13,26H,7-12,14H2,1-2H3.